The average molecular weight is 490 g/mol. The Kier molecular flexibility index (Phi) is 7.02. The molecule has 3 aromatic rings. The first kappa shape index (κ1) is 23.3. The van der Waals surface area contributed by atoms with Crippen molar-refractivity contribution in [1.29, 1.82) is 0 Å². The lowest BCUT2D eigenvalue weighted by Crippen LogP contribution is -2.31. The van der Waals surface area contributed by atoms with E-state index in [0.717, 1.165) is 24.1 Å². The standard InChI is InChI=1S/C23H24ClN3O5S/c1-2-31-23(28)15-27-21-8-5-7-20(18(21)14-25-27)26-33(29,30)17-12-10-16(11-13-17)32-22-9-4-3-6-19(22)24/h3-4,6,9-14,20,26H,2,5,7-8,15H2,1H3. The molecule has 0 fully saturated rings. The largest absolute Gasteiger partial charge is 0.465 e. The van der Waals surface area contributed by atoms with Crippen LogP contribution in [-0.4, -0.2) is 30.8 Å². The number of aromatic nitrogens is 2. The van der Waals surface area contributed by atoms with Crippen LogP contribution < -0.4 is 9.46 Å². The third kappa shape index (κ3) is 5.38. The van der Waals surface area contributed by atoms with Crippen LogP contribution in [0.3, 0.4) is 0 Å². The van der Waals surface area contributed by atoms with Crippen molar-refractivity contribution in [1.82, 2.24) is 14.5 Å². The van der Waals surface area contributed by atoms with Gasteiger partial charge in [0.05, 0.1) is 28.8 Å². The fourth-order valence-corrected chi connectivity index (χ4v) is 5.23. The Balaban J connectivity index is 1.48. The molecule has 10 heteroatoms. The number of ether oxygens (including phenoxy) is 2. The summed E-state index contributed by atoms with van der Waals surface area (Å²) in [5.74, 6) is 0.593. The van der Waals surface area contributed by atoms with Gasteiger partial charge in [-0.1, -0.05) is 23.7 Å². The summed E-state index contributed by atoms with van der Waals surface area (Å²) in [7, 11) is -3.78. The summed E-state index contributed by atoms with van der Waals surface area (Å²) >= 11 is 6.11. The van der Waals surface area contributed by atoms with E-state index >= 15 is 0 Å². The first-order valence-corrected chi connectivity index (χ1v) is 12.5. The molecule has 0 saturated carbocycles. The van der Waals surface area contributed by atoms with E-state index in [1.165, 1.54) is 12.1 Å². The molecule has 0 saturated heterocycles. The Labute approximate surface area is 197 Å². The summed E-state index contributed by atoms with van der Waals surface area (Å²) < 4.78 is 41.2. The van der Waals surface area contributed by atoms with E-state index < -0.39 is 16.1 Å². The van der Waals surface area contributed by atoms with Gasteiger partial charge in [0.1, 0.15) is 18.0 Å². The van der Waals surface area contributed by atoms with Crippen LogP contribution >= 0.6 is 11.6 Å². The molecular formula is C23H24ClN3O5S. The van der Waals surface area contributed by atoms with Gasteiger partial charge >= 0.3 is 5.97 Å². The van der Waals surface area contributed by atoms with Gasteiger partial charge in [-0.25, -0.2) is 13.1 Å². The zero-order valence-electron chi connectivity index (χ0n) is 18.0. The minimum Gasteiger partial charge on any atom is -0.465 e. The number of fused-ring (bicyclic) bond motifs is 1. The van der Waals surface area contributed by atoms with Crippen molar-refractivity contribution in [2.75, 3.05) is 6.61 Å². The second-order valence-electron chi connectivity index (χ2n) is 7.58. The highest BCUT2D eigenvalue weighted by atomic mass is 35.5. The molecule has 1 aromatic heterocycles. The first-order chi connectivity index (χ1) is 15.9. The maximum atomic E-state index is 13.0. The molecule has 1 N–H and O–H groups in total. The molecule has 0 amide bonds. The van der Waals surface area contributed by atoms with Gasteiger partial charge in [-0.05, 0) is 62.6 Å². The number of carbonyl (C=O) groups excluding carboxylic acids is 1. The Morgan fingerprint density at radius 1 is 1.21 bits per heavy atom. The molecule has 1 aliphatic rings. The van der Waals surface area contributed by atoms with Crippen LogP contribution in [0, 0.1) is 0 Å². The van der Waals surface area contributed by atoms with Gasteiger partial charge in [0.25, 0.3) is 0 Å². The van der Waals surface area contributed by atoms with Crippen LogP contribution in [0.5, 0.6) is 11.5 Å². The van der Waals surface area contributed by atoms with E-state index in [9.17, 15) is 13.2 Å². The van der Waals surface area contributed by atoms with Crippen molar-refractivity contribution in [2.45, 2.75) is 43.7 Å². The lowest BCUT2D eigenvalue weighted by Gasteiger charge is -2.24. The van der Waals surface area contributed by atoms with E-state index in [2.05, 4.69) is 9.82 Å². The number of nitrogens with zero attached hydrogens (tertiary/aromatic N) is 2. The normalized spacial score (nSPS) is 15.6. The van der Waals surface area contributed by atoms with Crippen molar-refractivity contribution in [3.63, 3.8) is 0 Å². The van der Waals surface area contributed by atoms with Crippen LogP contribution in [0.4, 0.5) is 0 Å². The highest BCUT2D eigenvalue weighted by Crippen LogP contribution is 2.32. The highest BCUT2D eigenvalue weighted by molar-refractivity contribution is 7.89. The van der Waals surface area contributed by atoms with Crippen LogP contribution in [0.2, 0.25) is 5.02 Å². The van der Waals surface area contributed by atoms with Crippen LogP contribution in [-0.2, 0) is 32.5 Å². The van der Waals surface area contributed by atoms with Crippen LogP contribution in [0.25, 0.3) is 0 Å². The summed E-state index contributed by atoms with van der Waals surface area (Å²) in [5, 5.41) is 4.75. The van der Waals surface area contributed by atoms with Crippen LogP contribution in [0.1, 0.15) is 37.1 Å². The summed E-state index contributed by atoms with van der Waals surface area (Å²) in [6.07, 6.45) is 3.77. The molecule has 1 heterocycles. The van der Waals surface area contributed by atoms with Crippen molar-refractivity contribution in [3.05, 3.63) is 71.0 Å². The van der Waals surface area contributed by atoms with Crippen molar-refractivity contribution in [2.24, 2.45) is 0 Å². The molecule has 1 atom stereocenters. The number of para-hydroxylation sites is 1. The molecule has 2 aromatic carbocycles. The van der Waals surface area contributed by atoms with Gasteiger partial charge in [0, 0.05) is 11.3 Å². The number of rotatable bonds is 8. The molecule has 4 rings (SSSR count). The second kappa shape index (κ2) is 9.94. The Morgan fingerprint density at radius 3 is 2.70 bits per heavy atom. The molecule has 8 nitrogen and oxygen atoms in total. The van der Waals surface area contributed by atoms with Gasteiger partial charge < -0.3 is 9.47 Å². The van der Waals surface area contributed by atoms with Crippen molar-refractivity contribution in [3.8, 4) is 11.5 Å². The number of hydrogen-bond donors (Lipinski definition) is 1. The van der Waals surface area contributed by atoms with Gasteiger partial charge in [-0.15, -0.1) is 0 Å². The molecule has 1 unspecified atom stereocenters. The Morgan fingerprint density at radius 2 is 1.97 bits per heavy atom. The molecular weight excluding hydrogens is 466 g/mol. The predicted octanol–water partition coefficient (Wildman–Crippen LogP) is 4.25. The van der Waals surface area contributed by atoms with Crippen LogP contribution in [0.15, 0.2) is 59.6 Å². The fraction of sp³-hybridized carbons (Fsp3) is 0.304. The first-order valence-electron chi connectivity index (χ1n) is 10.6. The summed E-state index contributed by atoms with van der Waals surface area (Å²) in [5.41, 5.74) is 1.64. The highest BCUT2D eigenvalue weighted by Gasteiger charge is 2.29. The lowest BCUT2D eigenvalue weighted by atomic mass is 9.94. The van der Waals surface area contributed by atoms with E-state index in [0.29, 0.717) is 29.5 Å². The minimum atomic E-state index is -3.78. The molecule has 174 valence electrons. The van der Waals surface area contributed by atoms with E-state index in [1.807, 2.05) is 0 Å². The molecule has 0 radical (unpaired) electrons. The molecule has 0 spiro atoms. The molecule has 0 aliphatic heterocycles. The smallest absolute Gasteiger partial charge is 0.327 e. The van der Waals surface area contributed by atoms with Crippen molar-refractivity contribution >= 4 is 27.6 Å². The Bertz CT molecular complexity index is 1240. The topological polar surface area (TPSA) is 99.5 Å². The molecule has 0 bridgehead atoms. The van der Waals surface area contributed by atoms with Crippen molar-refractivity contribution < 1.29 is 22.7 Å². The number of carbonyl (C=O) groups is 1. The van der Waals surface area contributed by atoms with Gasteiger partial charge in [-0.3, -0.25) is 9.48 Å². The van der Waals surface area contributed by atoms with E-state index in [4.69, 9.17) is 21.1 Å². The maximum Gasteiger partial charge on any atom is 0.327 e. The van der Waals surface area contributed by atoms with E-state index in [1.54, 1.807) is 54.2 Å². The van der Waals surface area contributed by atoms with Gasteiger partial charge in [0.15, 0.2) is 0 Å². The lowest BCUT2D eigenvalue weighted by molar-refractivity contribution is -0.144. The summed E-state index contributed by atoms with van der Waals surface area (Å²) in [6, 6.07) is 12.8. The number of benzene rings is 2. The predicted molar refractivity (Wildman–Crippen MR) is 123 cm³/mol. The van der Waals surface area contributed by atoms with Gasteiger partial charge in [0.2, 0.25) is 10.0 Å². The quantitative estimate of drug-likeness (QED) is 0.475. The minimum absolute atomic E-state index is 0.00946. The van der Waals surface area contributed by atoms with Gasteiger partial charge in [-0.2, -0.15) is 5.10 Å². The fourth-order valence-electron chi connectivity index (χ4n) is 3.80. The number of hydrogen-bond acceptors (Lipinski definition) is 6. The Hall–Kier alpha value is -2.88. The second-order valence-corrected chi connectivity index (χ2v) is 9.70. The van der Waals surface area contributed by atoms with E-state index in [-0.39, 0.29) is 17.4 Å². The maximum absolute atomic E-state index is 13.0. The monoisotopic (exact) mass is 489 g/mol. The number of sulfonamides is 1. The third-order valence-corrected chi connectivity index (χ3v) is 7.14. The molecule has 1 aliphatic carbocycles. The average Bonchev–Trinajstić information content (AvgIpc) is 3.19. The SMILES string of the molecule is CCOC(=O)Cn1ncc2c1CCCC2NS(=O)(=O)c1ccc(Oc2ccccc2Cl)cc1. The zero-order chi connectivity index (χ0) is 23.4. The number of halogens is 1. The zero-order valence-corrected chi connectivity index (χ0v) is 19.6. The number of nitrogens with one attached hydrogen (secondary N) is 1. The third-order valence-electron chi connectivity index (χ3n) is 5.34. The summed E-state index contributed by atoms with van der Waals surface area (Å²) in [6.45, 7) is 2.05. The summed E-state index contributed by atoms with van der Waals surface area (Å²) in [4.78, 5) is 12.0. The number of esters is 1. The molecule has 33 heavy (non-hydrogen) atoms.